The number of amides is 1. The molecule has 0 aliphatic rings. The van der Waals surface area contributed by atoms with Crippen molar-refractivity contribution < 1.29 is 19.4 Å². The molecule has 0 unspecified atom stereocenters. The Kier molecular flexibility index (Phi) is 3.94. The molecule has 10 heavy (non-hydrogen) atoms. The van der Waals surface area contributed by atoms with Crippen LogP contribution in [0.1, 0.15) is 6.92 Å². The summed E-state index contributed by atoms with van der Waals surface area (Å²) in [4.78, 5) is 14.3. The van der Waals surface area contributed by atoms with E-state index in [1.165, 1.54) is 0 Å². The fraction of sp³-hybridized carbons (Fsp3) is 0.750. The number of rotatable bonds is 2. The zero-order valence-electron chi connectivity index (χ0n) is 5.73. The van der Waals surface area contributed by atoms with Crippen LogP contribution in [-0.4, -0.2) is 24.8 Å². The second-order valence-electron chi connectivity index (χ2n) is 1.22. The smallest absolute Gasteiger partial charge is 0.444 e. The molecule has 0 heterocycles. The predicted molar refractivity (Wildman–Crippen MR) is 30.1 cm³/mol. The Hall–Kier alpha value is -1.33. The summed E-state index contributed by atoms with van der Waals surface area (Å²) in [5.74, 6) is 0. The van der Waals surface area contributed by atoms with Crippen molar-refractivity contribution in [1.29, 1.82) is 0 Å². The first kappa shape index (κ1) is 8.67. The van der Waals surface area contributed by atoms with Gasteiger partial charge < -0.3 is 9.57 Å². The van der Waals surface area contributed by atoms with E-state index in [0.717, 1.165) is 7.11 Å². The molecule has 0 aromatic heterocycles. The summed E-state index contributed by atoms with van der Waals surface area (Å²) in [5, 5.41) is 12.7. The first-order valence-electron chi connectivity index (χ1n) is 2.60. The summed E-state index contributed by atoms with van der Waals surface area (Å²) in [6, 6.07) is 0. The number of carbonyl (C=O) groups is 1. The third kappa shape index (κ3) is 3.65. The highest BCUT2D eigenvalue weighted by molar-refractivity contribution is 5.66. The Morgan fingerprint density at radius 1 is 1.80 bits per heavy atom. The van der Waals surface area contributed by atoms with Crippen LogP contribution >= 0.6 is 0 Å². The molecule has 0 fully saturated rings. The largest absolute Gasteiger partial charge is 0.497 e. The van der Waals surface area contributed by atoms with Crippen molar-refractivity contribution in [3.05, 3.63) is 5.21 Å². The highest BCUT2D eigenvalue weighted by Crippen LogP contribution is 1.84. The SMILES string of the molecule is CCOC(=O)/N=[N+](\[O-])OC. The summed E-state index contributed by atoms with van der Waals surface area (Å²) in [6.45, 7) is 1.79. The molecule has 0 bridgehead atoms. The van der Waals surface area contributed by atoms with Crippen LogP contribution < -0.4 is 0 Å². The molecule has 0 spiro atoms. The van der Waals surface area contributed by atoms with Gasteiger partial charge in [-0.1, -0.05) is 0 Å². The average molecular weight is 148 g/mol. The fourth-order valence-electron chi connectivity index (χ4n) is 0.260. The fourth-order valence-corrected chi connectivity index (χ4v) is 0.260. The van der Waals surface area contributed by atoms with Crippen LogP contribution in [0.4, 0.5) is 4.79 Å². The summed E-state index contributed by atoms with van der Waals surface area (Å²) in [7, 11) is 1.09. The third-order valence-corrected chi connectivity index (χ3v) is 0.587. The van der Waals surface area contributed by atoms with Gasteiger partial charge in [0.1, 0.15) is 5.11 Å². The molecule has 0 atom stereocenters. The van der Waals surface area contributed by atoms with Crippen molar-refractivity contribution in [1.82, 2.24) is 0 Å². The second kappa shape index (κ2) is 4.54. The first-order chi connectivity index (χ1) is 4.70. The molecule has 0 aliphatic carbocycles. The molecule has 58 valence electrons. The lowest BCUT2D eigenvalue weighted by atomic mass is 10.9. The molecule has 0 rings (SSSR count). The number of hydrogen-bond acceptors (Lipinski definition) is 4. The quantitative estimate of drug-likeness (QED) is 0.426. The molecular formula is C4H8N2O4. The minimum atomic E-state index is -0.959. The summed E-state index contributed by atoms with van der Waals surface area (Å²) in [6.07, 6.45) is -0.959. The lowest BCUT2D eigenvalue weighted by molar-refractivity contribution is -0.779. The minimum absolute atomic E-state index is 0.180. The van der Waals surface area contributed by atoms with E-state index in [0.29, 0.717) is 0 Å². The summed E-state index contributed by atoms with van der Waals surface area (Å²) < 4.78 is 4.29. The molecule has 6 heteroatoms. The Balaban J connectivity index is 3.75. The van der Waals surface area contributed by atoms with E-state index in [1.54, 1.807) is 6.92 Å². The van der Waals surface area contributed by atoms with E-state index in [-0.39, 0.29) is 11.6 Å². The number of ether oxygens (including phenoxy) is 1. The van der Waals surface area contributed by atoms with Gasteiger partial charge >= 0.3 is 6.09 Å². The van der Waals surface area contributed by atoms with Crippen molar-refractivity contribution in [2.45, 2.75) is 6.92 Å². The highest BCUT2D eigenvalue weighted by Gasteiger charge is 2.04. The maximum Gasteiger partial charge on any atom is 0.497 e. The molecule has 0 radical (unpaired) electrons. The normalized spacial score (nSPS) is 10.8. The third-order valence-electron chi connectivity index (χ3n) is 0.587. The first-order valence-corrected chi connectivity index (χ1v) is 2.60. The van der Waals surface area contributed by atoms with Gasteiger partial charge in [-0.3, -0.25) is 0 Å². The van der Waals surface area contributed by atoms with E-state index in [2.05, 4.69) is 14.7 Å². The van der Waals surface area contributed by atoms with E-state index >= 15 is 0 Å². The number of nitrogens with zero attached hydrogens (tertiary/aromatic N) is 2. The Morgan fingerprint density at radius 2 is 2.40 bits per heavy atom. The van der Waals surface area contributed by atoms with Crippen molar-refractivity contribution in [3.8, 4) is 0 Å². The van der Waals surface area contributed by atoms with Gasteiger partial charge in [0.2, 0.25) is 0 Å². The molecule has 0 N–H and O–H groups in total. The summed E-state index contributed by atoms with van der Waals surface area (Å²) >= 11 is 0. The van der Waals surface area contributed by atoms with Gasteiger partial charge in [0, 0.05) is 7.11 Å². The van der Waals surface area contributed by atoms with Crippen LogP contribution in [0.15, 0.2) is 5.11 Å². The maximum atomic E-state index is 10.3. The van der Waals surface area contributed by atoms with E-state index < -0.39 is 6.09 Å². The standard InChI is InChI=1S/C4H8N2O4/c1-3-10-4(7)5-6(8)9-2/h3H2,1-2H3/b6-5+. The Labute approximate surface area is 57.6 Å². The molecule has 0 aliphatic heterocycles. The molecule has 0 aromatic carbocycles. The molecule has 6 nitrogen and oxygen atoms in total. The van der Waals surface area contributed by atoms with Gasteiger partial charge in [-0.2, -0.15) is 0 Å². The van der Waals surface area contributed by atoms with Crippen LogP contribution in [0.3, 0.4) is 0 Å². The Bertz CT molecular complexity index is 144. The van der Waals surface area contributed by atoms with Crippen LogP contribution in [0.2, 0.25) is 0 Å². The van der Waals surface area contributed by atoms with Gasteiger partial charge in [0.15, 0.2) is 5.02 Å². The maximum absolute atomic E-state index is 10.3. The monoisotopic (exact) mass is 148 g/mol. The van der Waals surface area contributed by atoms with Gasteiger partial charge in [0.05, 0.1) is 6.61 Å². The molecule has 1 amide bonds. The lowest BCUT2D eigenvalue weighted by Gasteiger charge is -1.92. The van der Waals surface area contributed by atoms with Crippen LogP contribution in [-0.2, 0) is 9.57 Å². The van der Waals surface area contributed by atoms with Crippen LogP contribution in [0.5, 0.6) is 0 Å². The van der Waals surface area contributed by atoms with Crippen molar-refractivity contribution in [3.63, 3.8) is 0 Å². The molecule has 0 aromatic rings. The van der Waals surface area contributed by atoms with Crippen molar-refractivity contribution in [2.24, 2.45) is 5.11 Å². The van der Waals surface area contributed by atoms with Crippen molar-refractivity contribution >= 4 is 6.09 Å². The zero-order valence-corrected chi connectivity index (χ0v) is 5.73. The van der Waals surface area contributed by atoms with Gasteiger partial charge in [-0.15, -0.1) is 0 Å². The average Bonchev–Trinajstić information content (AvgIpc) is 1.88. The van der Waals surface area contributed by atoms with E-state index in [1.807, 2.05) is 0 Å². The van der Waals surface area contributed by atoms with Crippen molar-refractivity contribution in [2.75, 3.05) is 13.7 Å². The minimum Gasteiger partial charge on any atom is -0.444 e. The van der Waals surface area contributed by atoms with Gasteiger partial charge in [-0.05, 0) is 6.92 Å². The van der Waals surface area contributed by atoms with E-state index in [4.69, 9.17) is 0 Å². The lowest BCUT2D eigenvalue weighted by Crippen LogP contribution is -2.05. The molecule has 0 saturated heterocycles. The van der Waals surface area contributed by atoms with Gasteiger partial charge in [0.25, 0.3) is 0 Å². The van der Waals surface area contributed by atoms with Crippen LogP contribution in [0.25, 0.3) is 0 Å². The van der Waals surface area contributed by atoms with Crippen LogP contribution in [0, 0.1) is 5.21 Å². The predicted octanol–water partition coefficient (Wildman–Crippen LogP) is 0.667. The summed E-state index contributed by atoms with van der Waals surface area (Å²) in [5.41, 5.74) is 0. The van der Waals surface area contributed by atoms with Gasteiger partial charge in [-0.25, -0.2) is 10.0 Å². The molecule has 0 saturated carbocycles. The topological polar surface area (TPSA) is 74.0 Å². The number of hydrogen-bond donors (Lipinski definition) is 0. The molecular weight excluding hydrogens is 140 g/mol. The highest BCUT2D eigenvalue weighted by atomic mass is 16.9. The number of carbonyl (C=O) groups excluding carboxylic acids is 1. The second-order valence-corrected chi connectivity index (χ2v) is 1.22. The Morgan fingerprint density at radius 3 is 2.80 bits per heavy atom. The van der Waals surface area contributed by atoms with E-state index in [9.17, 15) is 10.0 Å². The zero-order chi connectivity index (χ0) is 7.98.